The maximum atomic E-state index is 11.7. The van der Waals surface area contributed by atoms with E-state index in [0.717, 1.165) is 11.3 Å². The second-order valence-corrected chi connectivity index (χ2v) is 4.83. The van der Waals surface area contributed by atoms with Crippen LogP contribution in [0.15, 0.2) is 30.3 Å². The van der Waals surface area contributed by atoms with Crippen LogP contribution in [0.25, 0.3) is 6.08 Å². The van der Waals surface area contributed by atoms with Crippen LogP contribution in [-0.2, 0) is 4.79 Å². The van der Waals surface area contributed by atoms with E-state index in [1.54, 1.807) is 13.0 Å². The quantitative estimate of drug-likeness (QED) is 0.752. The highest BCUT2D eigenvalue weighted by Gasteiger charge is 2.07. The minimum atomic E-state index is -0.416. The van der Waals surface area contributed by atoms with Gasteiger partial charge >= 0.3 is 0 Å². The largest absolute Gasteiger partial charge is 0.494 e. The summed E-state index contributed by atoms with van der Waals surface area (Å²) in [4.78, 5) is 11.7. The number of aliphatic hydroxyl groups excluding tert-OH is 1. The Labute approximate surface area is 120 Å². The van der Waals surface area contributed by atoms with Crippen LogP contribution in [0.3, 0.4) is 0 Å². The van der Waals surface area contributed by atoms with Gasteiger partial charge in [0.2, 0.25) is 5.91 Å². The molecule has 20 heavy (non-hydrogen) atoms. The summed E-state index contributed by atoms with van der Waals surface area (Å²) >= 11 is 0. The molecule has 1 rings (SSSR count). The van der Waals surface area contributed by atoms with Gasteiger partial charge in [-0.25, -0.2) is 0 Å². The number of hydrogen-bond acceptors (Lipinski definition) is 3. The Morgan fingerprint density at radius 1 is 1.35 bits per heavy atom. The lowest BCUT2D eigenvalue weighted by Crippen LogP contribution is -2.33. The number of benzene rings is 1. The standard InChI is InChI=1S/C16H23NO3/c1-4-20-15-8-5-14(6-9-15)7-10-16(19)17-12(2)11-13(3)18/h5-10,12-13,18H,4,11H2,1-3H3,(H,17,19)/b10-7+. The molecule has 2 unspecified atom stereocenters. The van der Waals surface area contributed by atoms with Crippen molar-refractivity contribution in [2.24, 2.45) is 0 Å². The molecule has 0 spiro atoms. The van der Waals surface area contributed by atoms with E-state index in [1.807, 2.05) is 38.1 Å². The number of hydrogen-bond donors (Lipinski definition) is 2. The SMILES string of the molecule is CCOc1ccc(/C=C/C(=O)NC(C)CC(C)O)cc1. The molecule has 4 heteroatoms. The van der Waals surface area contributed by atoms with Crippen LogP contribution in [0.4, 0.5) is 0 Å². The topological polar surface area (TPSA) is 58.6 Å². The second kappa shape index (κ2) is 8.38. The van der Waals surface area contributed by atoms with E-state index in [0.29, 0.717) is 13.0 Å². The molecule has 0 radical (unpaired) electrons. The summed E-state index contributed by atoms with van der Waals surface area (Å²) in [5, 5.41) is 12.0. The van der Waals surface area contributed by atoms with Crippen molar-refractivity contribution < 1.29 is 14.6 Å². The molecular weight excluding hydrogens is 254 g/mol. The summed E-state index contributed by atoms with van der Waals surface area (Å²) in [6.45, 7) is 6.15. The first-order chi connectivity index (χ1) is 9.51. The number of aliphatic hydroxyl groups is 1. The Kier molecular flexibility index (Phi) is 6.81. The van der Waals surface area contributed by atoms with E-state index >= 15 is 0 Å². The van der Waals surface area contributed by atoms with Crippen molar-refractivity contribution in [1.29, 1.82) is 0 Å². The van der Waals surface area contributed by atoms with Gasteiger partial charge in [0.1, 0.15) is 5.75 Å². The summed E-state index contributed by atoms with van der Waals surface area (Å²) in [5.41, 5.74) is 0.937. The highest BCUT2D eigenvalue weighted by Crippen LogP contribution is 2.12. The Hall–Kier alpha value is -1.81. The molecular formula is C16H23NO3. The number of carbonyl (C=O) groups excluding carboxylic acids is 1. The van der Waals surface area contributed by atoms with Crippen molar-refractivity contribution in [2.45, 2.75) is 39.3 Å². The van der Waals surface area contributed by atoms with Crippen molar-refractivity contribution in [3.63, 3.8) is 0 Å². The monoisotopic (exact) mass is 277 g/mol. The average molecular weight is 277 g/mol. The van der Waals surface area contributed by atoms with Crippen LogP contribution in [0.5, 0.6) is 5.75 Å². The molecule has 0 aliphatic heterocycles. The third-order valence-electron chi connectivity index (χ3n) is 2.70. The van der Waals surface area contributed by atoms with E-state index in [4.69, 9.17) is 4.74 Å². The minimum absolute atomic E-state index is 0.0486. The number of nitrogens with one attached hydrogen (secondary N) is 1. The molecule has 0 heterocycles. The fourth-order valence-electron chi connectivity index (χ4n) is 1.88. The summed E-state index contributed by atoms with van der Waals surface area (Å²) in [6.07, 6.45) is 3.37. The maximum Gasteiger partial charge on any atom is 0.244 e. The lowest BCUT2D eigenvalue weighted by Gasteiger charge is -2.13. The number of carbonyl (C=O) groups is 1. The van der Waals surface area contributed by atoms with E-state index in [1.165, 1.54) is 6.08 Å². The van der Waals surface area contributed by atoms with E-state index in [2.05, 4.69) is 5.32 Å². The molecule has 0 aliphatic rings. The van der Waals surface area contributed by atoms with Crippen LogP contribution in [0.2, 0.25) is 0 Å². The van der Waals surface area contributed by atoms with Gasteiger partial charge in [0.15, 0.2) is 0 Å². The highest BCUT2D eigenvalue weighted by atomic mass is 16.5. The van der Waals surface area contributed by atoms with Crippen molar-refractivity contribution in [3.8, 4) is 5.75 Å². The van der Waals surface area contributed by atoms with Gasteiger partial charge in [-0.2, -0.15) is 0 Å². The zero-order valence-corrected chi connectivity index (χ0v) is 12.3. The maximum absolute atomic E-state index is 11.7. The summed E-state index contributed by atoms with van der Waals surface area (Å²) < 4.78 is 5.35. The van der Waals surface area contributed by atoms with Crippen molar-refractivity contribution in [2.75, 3.05) is 6.61 Å². The third-order valence-corrected chi connectivity index (χ3v) is 2.70. The smallest absolute Gasteiger partial charge is 0.244 e. The fraction of sp³-hybridized carbons (Fsp3) is 0.438. The van der Waals surface area contributed by atoms with E-state index in [-0.39, 0.29) is 11.9 Å². The highest BCUT2D eigenvalue weighted by molar-refractivity contribution is 5.91. The average Bonchev–Trinajstić information content (AvgIpc) is 2.37. The zero-order valence-electron chi connectivity index (χ0n) is 12.3. The molecule has 4 nitrogen and oxygen atoms in total. The minimum Gasteiger partial charge on any atom is -0.494 e. The third kappa shape index (κ3) is 6.38. The summed E-state index contributed by atoms with van der Waals surface area (Å²) in [6, 6.07) is 7.49. The van der Waals surface area contributed by atoms with Gasteiger partial charge in [-0.1, -0.05) is 12.1 Å². The van der Waals surface area contributed by atoms with Crippen molar-refractivity contribution in [1.82, 2.24) is 5.32 Å². The van der Waals surface area contributed by atoms with Gasteiger partial charge in [-0.05, 0) is 51.0 Å². The Morgan fingerprint density at radius 2 is 2.00 bits per heavy atom. The van der Waals surface area contributed by atoms with Crippen LogP contribution in [-0.4, -0.2) is 29.8 Å². The van der Waals surface area contributed by atoms with Gasteiger partial charge in [-0.3, -0.25) is 4.79 Å². The van der Waals surface area contributed by atoms with Gasteiger partial charge in [0, 0.05) is 12.1 Å². The molecule has 0 bridgehead atoms. The predicted molar refractivity (Wildman–Crippen MR) is 80.5 cm³/mol. The predicted octanol–water partition coefficient (Wildman–Crippen LogP) is 2.37. The fourth-order valence-corrected chi connectivity index (χ4v) is 1.88. The second-order valence-electron chi connectivity index (χ2n) is 4.83. The molecule has 0 aromatic heterocycles. The molecule has 2 N–H and O–H groups in total. The Bertz CT molecular complexity index is 438. The van der Waals surface area contributed by atoms with Crippen LogP contribution >= 0.6 is 0 Å². The molecule has 0 aliphatic carbocycles. The first-order valence-corrected chi connectivity index (χ1v) is 6.90. The summed E-state index contributed by atoms with van der Waals surface area (Å²) in [5.74, 6) is 0.659. The molecule has 0 saturated heterocycles. The first-order valence-electron chi connectivity index (χ1n) is 6.90. The zero-order chi connectivity index (χ0) is 15.0. The molecule has 2 atom stereocenters. The summed E-state index contributed by atoms with van der Waals surface area (Å²) in [7, 11) is 0. The number of amides is 1. The van der Waals surface area contributed by atoms with Gasteiger partial charge in [0.05, 0.1) is 12.7 Å². The Balaban J connectivity index is 2.48. The van der Waals surface area contributed by atoms with Crippen molar-refractivity contribution in [3.05, 3.63) is 35.9 Å². The first kappa shape index (κ1) is 16.2. The lowest BCUT2D eigenvalue weighted by atomic mass is 10.1. The van der Waals surface area contributed by atoms with Crippen molar-refractivity contribution >= 4 is 12.0 Å². The van der Waals surface area contributed by atoms with Crippen LogP contribution in [0.1, 0.15) is 32.8 Å². The molecule has 1 aromatic carbocycles. The van der Waals surface area contributed by atoms with Gasteiger partial charge in [0.25, 0.3) is 0 Å². The molecule has 0 fully saturated rings. The van der Waals surface area contributed by atoms with E-state index < -0.39 is 6.10 Å². The Morgan fingerprint density at radius 3 is 2.55 bits per heavy atom. The lowest BCUT2D eigenvalue weighted by molar-refractivity contribution is -0.117. The number of rotatable bonds is 7. The van der Waals surface area contributed by atoms with Gasteiger partial charge in [-0.15, -0.1) is 0 Å². The molecule has 1 aromatic rings. The molecule has 0 saturated carbocycles. The van der Waals surface area contributed by atoms with Crippen LogP contribution in [0, 0.1) is 0 Å². The van der Waals surface area contributed by atoms with E-state index in [9.17, 15) is 9.90 Å². The normalized spacial score (nSPS) is 14.0. The van der Waals surface area contributed by atoms with Gasteiger partial charge < -0.3 is 15.2 Å². The molecule has 110 valence electrons. The van der Waals surface area contributed by atoms with Crippen LogP contribution < -0.4 is 10.1 Å². The number of ether oxygens (including phenoxy) is 1. The molecule has 1 amide bonds.